The van der Waals surface area contributed by atoms with E-state index in [4.69, 9.17) is 5.11 Å². The van der Waals surface area contributed by atoms with Gasteiger partial charge in [-0.1, -0.05) is 30.3 Å². The summed E-state index contributed by atoms with van der Waals surface area (Å²) in [5.74, 6) is 0. The van der Waals surface area contributed by atoms with Crippen LogP contribution < -0.4 is 0 Å². The number of hydrogen-bond acceptors (Lipinski definition) is 2. The molecule has 1 radical (unpaired) electrons. The molecule has 0 saturated heterocycles. The van der Waals surface area contributed by atoms with E-state index in [0.29, 0.717) is 6.42 Å². The number of aliphatic hydroxyl groups excluding tert-OH is 2. The van der Waals surface area contributed by atoms with Gasteiger partial charge in [-0.15, -0.1) is 0 Å². The van der Waals surface area contributed by atoms with E-state index >= 15 is 0 Å². The van der Waals surface area contributed by atoms with E-state index in [1.807, 2.05) is 30.3 Å². The van der Waals surface area contributed by atoms with Crippen LogP contribution in [0.3, 0.4) is 0 Å². The molecule has 0 aliphatic carbocycles. The molecule has 1 aromatic rings. The van der Waals surface area contributed by atoms with Crippen LogP contribution in [-0.2, 0) is 0 Å². The Morgan fingerprint density at radius 2 is 1.69 bits per heavy atom. The van der Waals surface area contributed by atoms with E-state index < -0.39 is 12.2 Å². The number of rotatable bonds is 3. The molecule has 0 aliphatic heterocycles. The molecule has 13 heavy (non-hydrogen) atoms. The molecule has 0 heterocycles. The predicted molar refractivity (Wildman–Crippen MR) is 47.7 cm³/mol. The molecule has 73 valence electrons. The van der Waals surface area contributed by atoms with Gasteiger partial charge in [-0.25, -0.2) is 0 Å². The van der Waals surface area contributed by atoms with E-state index in [9.17, 15) is 5.11 Å². The smallest absolute Gasteiger partial charge is 0.0814 e. The van der Waals surface area contributed by atoms with E-state index in [1.165, 1.54) is 0 Å². The van der Waals surface area contributed by atoms with Crippen LogP contribution in [-0.4, -0.2) is 16.3 Å². The molecule has 2 atom stereocenters. The third-order valence-electron chi connectivity index (χ3n) is 1.75. The van der Waals surface area contributed by atoms with Crippen molar-refractivity contribution in [2.75, 3.05) is 0 Å². The normalized spacial score (nSPS) is 14.4. The third kappa shape index (κ3) is 5.23. The zero-order chi connectivity index (χ0) is 8.97. The molecule has 0 amide bonds. The first kappa shape index (κ1) is 13.7. The Labute approximate surface area is 120 Å². The summed E-state index contributed by atoms with van der Waals surface area (Å²) in [6.07, 6.45) is -0.615. The minimum absolute atomic E-state index is 0. The van der Waals surface area contributed by atoms with Gasteiger partial charge in [0.25, 0.3) is 0 Å². The van der Waals surface area contributed by atoms with E-state index in [-0.39, 0.29) is 49.4 Å². The molecule has 0 saturated carbocycles. The maximum Gasteiger partial charge on any atom is 0.0814 e. The molecular weight excluding hydrogens is 304 g/mol. The molecule has 1 rings (SSSR count). The summed E-state index contributed by atoms with van der Waals surface area (Å²) < 4.78 is 0. The second-order valence-electron chi connectivity index (χ2n) is 3.01. The van der Waals surface area contributed by atoms with Gasteiger partial charge in [0.15, 0.2) is 0 Å². The molecule has 0 aromatic heterocycles. The average Bonchev–Trinajstić information content (AvgIpc) is 2.05. The molecule has 2 unspecified atom stereocenters. The zero-order valence-corrected chi connectivity index (χ0v) is 9.95. The molecule has 0 spiro atoms. The van der Waals surface area contributed by atoms with Crippen LogP contribution in [0.1, 0.15) is 25.0 Å². The Morgan fingerprint density at radius 1 is 1.15 bits per heavy atom. The van der Waals surface area contributed by atoms with Crippen LogP contribution in [0.4, 0.5) is 0 Å². The Hall–Kier alpha value is 0.724. The topological polar surface area (TPSA) is 40.5 Å². The molecule has 0 bridgehead atoms. The van der Waals surface area contributed by atoms with Crippen LogP contribution in [0, 0.1) is 49.4 Å². The van der Waals surface area contributed by atoms with Gasteiger partial charge in [-0.3, -0.25) is 0 Å². The van der Waals surface area contributed by atoms with Crippen molar-refractivity contribution in [1.29, 1.82) is 0 Å². The average molecular weight is 318 g/mol. The SMILES string of the molecule is CC(O)CC(O)c1ccccc1.[Eu]. The van der Waals surface area contributed by atoms with Gasteiger partial charge in [0, 0.05) is 55.8 Å². The van der Waals surface area contributed by atoms with Gasteiger partial charge in [0.05, 0.1) is 12.2 Å². The van der Waals surface area contributed by atoms with Gasteiger partial charge in [0.1, 0.15) is 0 Å². The van der Waals surface area contributed by atoms with E-state index in [1.54, 1.807) is 6.92 Å². The van der Waals surface area contributed by atoms with Crippen LogP contribution in [0.5, 0.6) is 0 Å². The fraction of sp³-hybridized carbons (Fsp3) is 0.400. The summed E-state index contributed by atoms with van der Waals surface area (Å²) in [6, 6.07) is 9.36. The largest absolute Gasteiger partial charge is 0.393 e. The Balaban J connectivity index is 0.00000144. The fourth-order valence-electron chi connectivity index (χ4n) is 1.13. The summed E-state index contributed by atoms with van der Waals surface area (Å²) in [6.45, 7) is 1.67. The monoisotopic (exact) mass is 319 g/mol. The maximum atomic E-state index is 9.53. The maximum absolute atomic E-state index is 9.53. The van der Waals surface area contributed by atoms with E-state index in [2.05, 4.69) is 0 Å². The first-order valence-corrected chi connectivity index (χ1v) is 4.11. The standard InChI is InChI=1S/C10H14O2.Eu/c1-8(11)7-10(12)9-5-3-2-4-6-9;/h2-6,8,10-12H,7H2,1H3;. The number of aliphatic hydroxyl groups is 2. The van der Waals surface area contributed by atoms with Crippen molar-refractivity contribution in [3.63, 3.8) is 0 Å². The van der Waals surface area contributed by atoms with Crippen molar-refractivity contribution in [3.05, 3.63) is 35.9 Å². The van der Waals surface area contributed by atoms with Crippen molar-refractivity contribution >= 4 is 0 Å². The molecular formula is C10H14EuO2. The first-order chi connectivity index (χ1) is 5.70. The van der Waals surface area contributed by atoms with Crippen LogP contribution in [0.15, 0.2) is 30.3 Å². The summed E-state index contributed by atoms with van der Waals surface area (Å²) >= 11 is 0. The Kier molecular flexibility index (Phi) is 7.47. The second-order valence-corrected chi connectivity index (χ2v) is 3.01. The van der Waals surface area contributed by atoms with Crippen LogP contribution >= 0.6 is 0 Å². The molecule has 2 nitrogen and oxygen atoms in total. The van der Waals surface area contributed by atoms with Crippen LogP contribution in [0.25, 0.3) is 0 Å². The van der Waals surface area contributed by atoms with Crippen molar-refractivity contribution < 1.29 is 59.6 Å². The Bertz CT molecular complexity index is 224. The number of benzene rings is 1. The van der Waals surface area contributed by atoms with Gasteiger partial charge >= 0.3 is 0 Å². The van der Waals surface area contributed by atoms with Crippen LogP contribution in [0.2, 0.25) is 0 Å². The van der Waals surface area contributed by atoms with Gasteiger partial charge < -0.3 is 10.2 Å². The molecule has 2 N–H and O–H groups in total. The van der Waals surface area contributed by atoms with Crippen molar-refractivity contribution in [2.45, 2.75) is 25.6 Å². The molecule has 1 aromatic carbocycles. The minimum atomic E-state index is -0.550. The Morgan fingerprint density at radius 3 is 2.15 bits per heavy atom. The fourth-order valence-corrected chi connectivity index (χ4v) is 1.13. The summed E-state index contributed by atoms with van der Waals surface area (Å²) in [5, 5.41) is 18.6. The van der Waals surface area contributed by atoms with Crippen molar-refractivity contribution in [2.24, 2.45) is 0 Å². The summed E-state index contributed by atoms with van der Waals surface area (Å²) in [7, 11) is 0. The minimum Gasteiger partial charge on any atom is -0.393 e. The van der Waals surface area contributed by atoms with Gasteiger partial charge in [-0.05, 0) is 12.5 Å². The summed E-state index contributed by atoms with van der Waals surface area (Å²) in [4.78, 5) is 0. The van der Waals surface area contributed by atoms with Crippen molar-refractivity contribution in [3.8, 4) is 0 Å². The van der Waals surface area contributed by atoms with Gasteiger partial charge in [-0.2, -0.15) is 0 Å². The quantitative estimate of drug-likeness (QED) is 0.887. The molecule has 3 heteroatoms. The molecule has 0 fully saturated rings. The van der Waals surface area contributed by atoms with E-state index in [0.717, 1.165) is 5.56 Å². The zero-order valence-electron chi connectivity index (χ0n) is 7.52. The predicted octanol–water partition coefficient (Wildman–Crippen LogP) is 1.49. The summed E-state index contributed by atoms with van der Waals surface area (Å²) in [5.41, 5.74) is 0.860. The van der Waals surface area contributed by atoms with Gasteiger partial charge in [0.2, 0.25) is 0 Å². The van der Waals surface area contributed by atoms with Crippen molar-refractivity contribution in [1.82, 2.24) is 0 Å². The second kappa shape index (κ2) is 7.07. The first-order valence-electron chi connectivity index (χ1n) is 4.11. The third-order valence-corrected chi connectivity index (χ3v) is 1.75. The molecule has 0 aliphatic rings. The number of hydrogen-bond donors (Lipinski definition) is 2.